The van der Waals surface area contributed by atoms with Crippen LogP contribution >= 0.6 is 11.3 Å². The minimum atomic E-state index is -0.366. The Balaban J connectivity index is 1.46. The molecular weight excluding hydrogens is 431 g/mol. The largest absolute Gasteiger partial charge is 0.494 e. The number of nitrogens with one attached hydrogen (secondary N) is 1. The number of hydrogen-bond donors (Lipinski definition) is 1. The zero-order valence-corrected chi connectivity index (χ0v) is 18.4. The Morgan fingerprint density at radius 2 is 1.78 bits per heavy atom. The van der Waals surface area contributed by atoms with E-state index < -0.39 is 0 Å². The number of benzene rings is 2. The van der Waals surface area contributed by atoms with Crippen molar-refractivity contribution in [3.05, 3.63) is 71.5 Å². The average Bonchev–Trinajstić information content (AvgIpc) is 3.41. The van der Waals surface area contributed by atoms with Crippen LogP contribution in [-0.2, 0) is 4.79 Å². The number of anilines is 1. The number of ether oxygens (including phenoxy) is 2. The number of halogens is 1. The van der Waals surface area contributed by atoms with Crippen molar-refractivity contribution in [3.63, 3.8) is 0 Å². The van der Waals surface area contributed by atoms with Crippen LogP contribution < -0.4 is 14.8 Å². The minimum Gasteiger partial charge on any atom is -0.494 e. The molecule has 0 radical (unpaired) electrons. The normalized spacial score (nSPS) is 10.7. The number of carbonyl (C=O) groups is 1. The van der Waals surface area contributed by atoms with Crippen molar-refractivity contribution in [1.29, 1.82) is 0 Å². The molecule has 2 heterocycles. The van der Waals surface area contributed by atoms with Crippen LogP contribution in [0.5, 0.6) is 11.5 Å². The van der Waals surface area contributed by atoms with Crippen molar-refractivity contribution in [2.45, 2.75) is 13.8 Å². The fourth-order valence-corrected chi connectivity index (χ4v) is 3.77. The summed E-state index contributed by atoms with van der Waals surface area (Å²) in [6.45, 7) is 4.17. The van der Waals surface area contributed by atoms with Crippen molar-refractivity contribution >= 4 is 23.1 Å². The number of amides is 1. The van der Waals surface area contributed by atoms with E-state index in [0.717, 1.165) is 22.7 Å². The average molecular weight is 453 g/mol. The van der Waals surface area contributed by atoms with Gasteiger partial charge in [-0.05, 0) is 62.4 Å². The second-order valence-electron chi connectivity index (χ2n) is 6.85. The van der Waals surface area contributed by atoms with Crippen LogP contribution in [-0.4, -0.2) is 33.9 Å². The van der Waals surface area contributed by atoms with Crippen molar-refractivity contribution in [3.8, 4) is 27.9 Å². The van der Waals surface area contributed by atoms with Gasteiger partial charge in [-0.2, -0.15) is 9.78 Å². The van der Waals surface area contributed by atoms with Crippen molar-refractivity contribution in [2.24, 2.45) is 0 Å². The van der Waals surface area contributed by atoms with E-state index in [1.807, 2.05) is 43.5 Å². The highest BCUT2D eigenvalue weighted by Crippen LogP contribution is 2.27. The lowest BCUT2D eigenvalue weighted by molar-refractivity contribution is -0.118. The molecule has 32 heavy (non-hydrogen) atoms. The standard InChI is InChI=1S/C23H21FN4O3S/c1-3-30-18-8-4-16(5-9-18)20-14-32-23(25-20)28-21(12-15(2)27-28)26-22(29)13-31-19-10-6-17(24)7-11-19/h4-12,14H,3,13H2,1-2H3,(H,26,29). The predicted octanol–water partition coefficient (Wildman–Crippen LogP) is 4.86. The topological polar surface area (TPSA) is 78.3 Å². The van der Waals surface area contributed by atoms with Gasteiger partial charge in [-0.3, -0.25) is 4.79 Å². The van der Waals surface area contributed by atoms with Crippen LogP contribution in [0.2, 0.25) is 0 Å². The zero-order chi connectivity index (χ0) is 22.5. The first-order valence-corrected chi connectivity index (χ1v) is 10.8. The van der Waals surface area contributed by atoms with Crippen molar-refractivity contribution in [2.75, 3.05) is 18.5 Å². The molecule has 0 saturated heterocycles. The Morgan fingerprint density at radius 3 is 2.50 bits per heavy atom. The molecule has 0 spiro atoms. The van der Waals surface area contributed by atoms with E-state index in [1.165, 1.54) is 35.6 Å². The Kier molecular flexibility index (Phi) is 6.46. The smallest absolute Gasteiger partial charge is 0.263 e. The molecule has 0 unspecified atom stereocenters. The molecule has 0 saturated carbocycles. The first-order chi connectivity index (χ1) is 15.5. The minimum absolute atomic E-state index is 0.217. The summed E-state index contributed by atoms with van der Waals surface area (Å²) in [5, 5.41) is 9.81. The fraction of sp³-hybridized carbons (Fsp3) is 0.174. The molecule has 0 bridgehead atoms. The quantitative estimate of drug-likeness (QED) is 0.413. The Bertz CT molecular complexity index is 1200. The summed E-state index contributed by atoms with van der Waals surface area (Å²) in [5.74, 6) is 0.976. The molecule has 0 aliphatic rings. The molecular formula is C23H21FN4O3S. The summed E-state index contributed by atoms with van der Waals surface area (Å²) in [4.78, 5) is 17.0. The number of carbonyl (C=O) groups excluding carboxylic acids is 1. The van der Waals surface area contributed by atoms with E-state index in [1.54, 1.807) is 10.7 Å². The molecule has 2 aromatic heterocycles. The third kappa shape index (κ3) is 5.12. The number of thiazole rings is 1. The van der Waals surface area contributed by atoms with E-state index in [9.17, 15) is 9.18 Å². The fourth-order valence-electron chi connectivity index (χ4n) is 2.98. The van der Waals surface area contributed by atoms with Gasteiger partial charge in [0.2, 0.25) is 5.13 Å². The lowest BCUT2D eigenvalue weighted by Crippen LogP contribution is -2.21. The molecule has 4 aromatic rings. The summed E-state index contributed by atoms with van der Waals surface area (Å²) in [6, 6.07) is 15.0. The van der Waals surface area contributed by atoms with E-state index in [4.69, 9.17) is 9.47 Å². The summed E-state index contributed by atoms with van der Waals surface area (Å²) in [7, 11) is 0. The molecule has 0 aliphatic carbocycles. The van der Waals surface area contributed by atoms with Crippen molar-refractivity contribution in [1.82, 2.24) is 14.8 Å². The van der Waals surface area contributed by atoms with Crippen LogP contribution in [0.15, 0.2) is 60.0 Å². The highest BCUT2D eigenvalue weighted by Gasteiger charge is 2.15. The number of aryl methyl sites for hydroxylation is 1. The molecule has 0 atom stereocenters. The molecule has 2 aromatic carbocycles. The number of nitrogens with zero attached hydrogens (tertiary/aromatic N) is 3. The Morgan fingerprint density at radius 1 is 1.09 bits per heavy atom. The van der Waals surface area contributed by atoms with Gasteiger partial charge >= 0.3 is 0 Å². The molecule has 1 amide bonds. The lowest BCUT2D eigenvalue weighted by atomic mass is 10.2. The summed E-state index contributed by atoms with van der Waals surface area (Å²) in [6.07, 6.45) is 0. The van der Waals surface area contributed by atoms with Gasteiger partial charge in [-0.15, -0.1) is 11.3 Å². The maximum atomic E-state index is 13.0. The summed E-state index contributed by atoms with van der Waals surface area (Å²) in [5.41, 5.74) is 2.49. The summed E-state index contributed by atoms with van der Waals surface area (Å²) < 4.78 is 25.5. The van der Waals surface area contributed by atoms with Crippen molar-refractivity contribution < 1.29 is 18.7 Å². The van der Waals surface area contributed by atoms with Gasteiger partial charge in [-0.1, -0.05) is 0 Å². The van der Waals surface area contributed by atoms with Gasteiger partial charge in [0, 0.05) is 17.0 Å². The molecule has 7 nitrogen and oxygen atoms in total. The van der Waals surface area contributed by atoms with E-state index in [2.05, 4.69) is 15.4 Å². The van der Waals surface area contributed by atoms with E-state index in [0.29, 0.717) is 23.3 Å². The van der Waals surface area contributed by atoms with E-state index >= 15 is 0 Å². The Labute approximate surface area is 188 Å². The van der Waals surface area contributed by atoms with Gasteiger partial charge < -0.3 is 14.8 Å². The molecule has 0 fully saturated rings. The number of hydrogen-bond acceptors (Lipinski definition) is 6. The lowest BCUT2D eigenvalue weighted by Gasteiger charge is -2.08. The maximum absolute atomic E-state index is 13.0. The van der Waals surface area contributed by atoms with Gasteiger partial charge in [0.05, 0.1) is 18.0 Å². The highest BCUT2D eigenvalue weighted by molar-refractivity contribution is 7.12. The maximum Gasteiger partial charge on any atom is 0.263 e. The van der Waals surface area contributed by atoms with Gasteiger partial charge in [-0.25, -0.2) is 9.37 Å². The number of rotatable bonds is 8. The van der Waals surface area contributed by atoms with Crippen LogP contribution in [0.1, 0.15) is 12.6 Å². The molecule has 9 heteroatoms. The Hall–Kier alpha value is -3.72. The first kappa shape index (κ1) is 21.5. The highest BCUT2D eigenvalue weighted by atomic mass is 32.1. The second-order valence-corrected chi connectivity index (χ2v) is 7.68. The van der Waals surface area contributed by atoms with E-state index in [-0.39, 0.29) is 18.3 Å². The van der Waals surface area contributed by atoms with Crippen LogP contribution in [0.3, 0.4) is 0 Å². The molecule has 1 N–H and O–H groups in total. The van der Waals surface area contributed by atoms with Gasteiger partial charge in [0.1, 0.15) is 23.1 Å². The zero-order valence-electron chi connectivity index (χ0n) is 17.5. The molecule has 4 rings (SSSR count). The third-order valence-electron chi connectivity index (χ3n) is 4.42. The van der Waals surface area contributed by atoms with Crippen LogP contribution in [0, 0.1) is 12.7 Å². The third-order valence-corrected chi connectivity index (χ3v) is 5.23. The SMILES string of the molecule is CCOc1ccc(-c2csc(-n3nc(C)cc3NC(=O)COc3ccc(F)cc3)n2)cc1. The van der Waals surface area contributed by atoms with Crippen LogP contribution in [0.4, 0.5) is 10.2 Å². The number of aromatic nitrogens is 3. The predicted molar refractivity (Wildman–Crippen MR) is 121 cm³/mol. The summed E-state index contributed by atoms with van der Waals surface area (Å²) >= 11 is 1.42. The van der Waals surface area contributed by atoms with Gasteiger partial charge in [0.15, 0.2) is 6.61 Å². The molecule has 0 aliphatic heterocycles. The monoisotopic (exact) mass is 452 g/mol. The van der Waals surface area contributed by atoms with Gasteiger partial charge in [0.25, 0.3) is 5.91 Å². The molecule has 164 valence electrons. The van der Waals surface area contributed by atoms with Crippen LogP contribution in [0.25, 0.3) is 16.4 Å². The first-order valence-electron chi connectivity index (χ1n) is 9.96. The second kappa shape index (κ2) is 9.61.